The van der Waals surface area contributed by atoms with Crippen molar-refractivity contribution >= 4 is 25.6 Å². The Morgan fingerprint density at radius 3 is 2.70 bits per heavy atom. The highest BCUT2D eigenvalue weighted by atomic mass is 28.3. The lowest BCUT2D eigenvalue weighted by atomic mass is 9.80. The molecule has 1 aliphatic carbocycles. The summed E-state index contributed by atoms with van der Waals surface area (Å²) < 4.78 is 5.83. The first-order valence-electron chi connectivity index (χ1n) is 9.40. The Hall–Kier alpha value is -1.99. The number of allylic oxidation sites excluding steroid dienone is 1. The van der Waals surface area contributed by atoms with Crippen LogP contribution in [0, 0.1) is 0 Å². The fraction of sp³-hybridized carbons (Fsp3) is 0.550. The molecule has 1 amide bonds. The van der Waals surface area contributed by atoms with Crippen LogP contribution in [0.5, 0.6) is 0 Å². The van der Waals surface area contributed by atoms with E-state index >= 15 is 0 Å². The minimum atomic E-state index is -1.19. The number of ether oxygens (including phenoxy) is 1. The largest absolute Gasteiger partial charge is 0.383 e. The van der Waals surface area contributed by atoms with Gasteiger partial charge in [-0.2, -0.15) is 0 Å². The van der Waals surface area contributed by atoms with E-state index in [1.165, 1.54) is 0 Å². The van der Waals surface area contributed by atoms with E-state index < -0.39 is 13.5 Å². The first-order valence-corrected chi connectivity index (χ1v) is 13.1. The highest BCUT2D eigenvalue weighted by molar-refractivity contribution is 6.76. The molecule has 6 nitrogen and oxygen atoms in total. The van der Waals surface area contributed by atoms with Gasteiger partial charge < -0.3 is 9.64 Å². The van der Waals surface area contributed by atoms with Crippen LogP contribution in [0.2, 0.25) is 25.7 Å². The summed E-state index contributed by atoms with van der Waals surface area (Å²) in [6, 6.07) is 4.80. The molecule has 1 unspecified atom stereocenters. The maximum absolute atomic E-state index is 13.4. The van der Waals surface area contributed by atoms with Gasteiger partial charge in [0.1, 0.15) is 12.5 Å². The number of carbonyl (C=O) groups excluding carboxylic acids is 2. The highest BCUT2D eigenvalue weighted by Crippen LogP contribution is 2.50. The van der Waals surface area contributed by atoms with Gasteiger partial charge in [-0.25, -0.2) is 4.98 Å². The quantitative estimate of drug-likeness (QED) is 0.427. The summed E-state index contributed by atoms with van der Waals surface area (Å²) >= 11 is 0. The van der Waals surface area contributed by atoms with Crippen molar-refractivity contribution in [1.82, 2.24) is 9.88 Å². The molecule has 1 fully saturated rings. The van der Waals surface area contributed by atoms with Gasteiger partial charge in [-0.15, -0.1) is 0 Å². The topological polar surface area (TPSA) is 62.7 Å². The third kappa shape index (κ3) is 3.84. The number of pyridine rings is 1. The number of nitrogens with zero attached hydrogens (tertiary/aromatic N) is 3. The number of rotatable bonds is 6. The zero-order valence-electron chi connectivity index (χ0n) is 16.9. The second-order valence-electron chi connectivity index (χ2n) is 8.93. The zero-order valence-corrected chi connectivity index (χ0v) is 17.9. The molecule has 0 N–H and O–H groups in total. The van der Waals surface area contributed by atoms with Crippen molar-refractivity contribution < 1.29 is 14.3 Å². The smallest absolute Gasteiger partial charge is 0.241 e. The molecule has 0 saturated heterocycles. The monoisotopic (exact) mass is 387 g/mol. The summed E-state index contributed by atoms with van der Waals surface area (Å²) in [7, 11) is 2.58. The molecule has 1 aromatic rings. The zero-order chi connectivity index (χ0) is 19.8. The predicted molar refractivity (Wildman–Crippen MR) is 108 cm³/mol. The van der Waals surface area contributed by atoms with E-state index in [1.807, 2.05) is 37.3 Å². The first-order chi connectivity index (χ1) is 12.6. The average Bonchev–Trinajstić information content (AvgIpc) is 3.00. The van der Waals surface area contributed by atoms with Gasteiger partial charge in [0.15, 0.2) is 5.78 Å². The van der Waals surface area contributed by atoms with Gasteiger partial charge in [0.25, 0.3) is 0 Å². The maximum atomic E-state index is 13.4. The summed E-state index contributed by atoms with van der Waals surface area (Å²) in [6.45, 7) is 7.72. The number of fused-ring (bicyclic) bond motifs is 2. The van der Waals surface area contributed by atoms with Gasteiger partial charge in [-0.3, -0.25) is 14.5 Å². The lowest BCUT2D eigenvalue weighted by Gasteiger charge is -2.23. The predicted octanol–water partition coefficient (Wildman–Crippen LogP) is 2.79. The SMILES string of the molecule is CN(C)C=C1CC2(CC1=O)C(=O)N(COCC[Si](C)(C)C)c1ncccc12. The van der Waals surface area contributed by atoms with E-state index in [4.69, 9.17) is 4.74 Å². The molecule has 27 heavy (non-hydrogen) atoms. The van der Waals surface area contributed by atoms with Gasteiger partial charge in [-0.05, 0) is 18.5 Å². The van der Waals surface area contributed by atoms with Crippen LogP contribution in [0.4, 0.5) is 5.82 Å². The van der Waals surface area contributed by atoms with Gasteiger partial charge in [-0.1, -0.05) is 25.7 Å². The lowest BCUT2D eigenvalue weighted by Crippen LogP contribution is -2.40. The number of amides is 1. The molecule has 146 valence electrons. The van der Waals surface area contributed by atoms with Gasteiger partial charge >= 0.3 is 0 Å². The van der Waals surface area contributed by atoms with Crippen molar-refractivity contribution in [1.29, 1.82) is 0 Å². The molecular formula is C20H29N3O3Si. The van der Waals surface area contributed by atoms with E-state index in [1.54, 1.807) is 11.1 Å². The second kappa shape index (κ2) is 7.20. The van der Waals surface area contributed by atoms with Crippen LogP contribution in [-0.2, 0) is 19.7 Å². The van der Waals surface area contributed by atoms with Crippen molar-refractivity contribution in [2.75, 3.05) is 32.3 Å². The lowest BCUT2D eigenvalue weighted by molar-refractivity contribution is -0.126. The maximum Gasteiger partial charge on any atom is 0.241 e. The summed E-state index contributed by atoms with van der Waals surface area (Å²) in [5, 5.41) is 0. The summed E-state index contributed by atoms with van der Waals surface area (Å²) in [5.41, 5.74) is 0.717. The standard InChI is InChI=1S/C20H29N3O3Si/c1-22(2)13-15-11-20(12-17(15)24)16-7-6-8-21-18(16)23(19(20)25)14-26-9-10-27(3,4)5/h6-8,13H,9-12,14H2,1-5H3. The Labute approximate surface area is 162 Å². The number of ketones is 1. The minimum absolute atomic E-state index is 0.0355. The van der Waals surface area contributed by atoms with Crippen LogP contribution >= 0.6 is 0 Å². The van der Waals surface area contributed by atoms with Crippen molar-refractivity contribution in [2.24, 2.45) is 0 Å². The van der Waals surface area contributed by atoms with E-state index in [0.29, 0.717) is 24.4 Å². The average molecular weight is 388 g/mol. The molecule has 7 heteroatoms. The molecule has 0 bridgehead atoms. The van der Waals surface area contributed by atoms with Crippen molar-refractivity contribution in [3.05, 3.63) is 35.7 Å². The summed E-state index contributed by atoms with van der Waals surface area (Å²) in [4.78, 5) is 33.9. The summed E-state index contributed by atoms with van der Waals surface area (Å²) in [6.07, 6.45) is 4.14. The van der Waals surface area contributed by atoms with Gasteiger partial charge in [0, 0.05) is 58.7 Å². The van der Waals surface area contributed by atoms with Gasteiger partial charge in [0.2, 0.25) is 5.91 Å². The van der Waals surface area contributed by atoms with Gasteiger partial charge in [0.05, 0.1) is 5.41 Å². The number of hydrogen-bond donors (Lipinski definition) is 0. The third-order valence-electron chi connectivity index (χ3n) is 5.16. The number of carbonyl (C=O) groups is 2. The number of hydrogen-bond acceptors (Lipinski definition) is 5. The molecule has 1 aliphatic heterocycles. The second-order valence-corrected chi connectivity index (χ2v) is 14.6. The van der Waals surface area contributed by atoms with Crippen LogP contribution in [0.1, 0.15) is 18.4 Å². The normalized spacial score (nSPS) is 23.6. The van der Waals surface area contributed by atoms with Crippen LogP contribution in [0.25, 0.3) is 0 Å². The number of anilines is 1. The van der Waals surface area contributed by atoms with Crippen molar-refractivity contribution in [2.45, 2.75) is 43.9 Å². The fourth-order valence-corrected chi connectivity index (χ4v) is 4.51. The first kappa shape index (κ1) is 19.8. The molecule has 1 aromatic heterocycles. The minimum Gasteiger partial charge on any atom is -0.383 e. The van der Waals surface area contributed by atoms with E-state index in [-0.39, 0.29) is 24.8 Å². The molecule has 0 aromatic carbocycles. The van der Waals surface area contributed by atoms with Crippen LogP contribution in [-0.4, -0.2) is 57.1 Å². The molecule has 1 saturated carbocycles. The number of Topliss-reactive ketones (excluding diaryl/α,β-unsaturated/α-hetero) is 1. The molecule has 2 aliphatic rings. The highest BCUT2D eigenvalue weighted by Gasteiger charge is 2.56. The van der Waals surface area contributed by atoms with Crippen molar-refractivity contribution in [3.63, 3.8) is 0 Å². The van der Waals surface area contributed by atoms with E-state index in [9.17, 15) is 9.59 Å². The Bertz CT molecular complexity index is 785. The van der Waals surface area contributed by atoms with E-state index in [0.717, 1.165) is 11.6 Å². The Balaban J connectivity index is 1.84. The van der Waals surface area contributed by atoms with E-state index in [2.05, 4.69) is 24.6 Å². The summed E-state index contributed by atoms with van der Waals surface area (Å²) in [5.74, 6) is 0.600. The molecule has 0 radical (unpaired) electrons. The molecule has 1 atom stereocenters. The Kier molecular flexibility index (Phi) is 5.27. The third-order valence-corrected chi connectivity index (χ3v) is 6.86. The van der Waals surface area contributed by atoms with Crippen LogP contribution < -0.4 is 4.90 Å². The van der Waals surface area contributed by atoms with Crippen LogP contribution in [0.3, 0.4) is 0 Å². The Morgan fingerprint density at radius 1 is 1.30 bits per heavy atom. The number of aromatic nitrogens is 1. The molecular weight excluding hydrogens is 358 g/mol. The molecule has 2 heterocycles. The molecule has 3 rings (SSSR count). The van der Waals surface area contributed by atoms with Crippen LogP contribution in [0.15, 0.2) is 30.1 Å². The Morgan fingerprint density at radius 2 is 2.04 bits per heavy atom. The van der Waals surface area contributed by atoms with Crippen molar-refractivity contribution in [3.8, 4) is 0 Å². The fourth-order valence-electron chi connectivity index (χ4n) is 3.75. The molecule has 1 spiro atoms.